The van der Waals surface area contributed by atoms with Crippen LogP contribution in [0.5, 0.6) is 0 Å². The molecule has 0 aliphatic rings. The van der Waals surface area contributed by atoms with Crippen molar-refractivity contribution in [2.24, 2.45) is 0 Å². The Morgan fingerprint density at radius 1 is 1.22 bits per heavy atom. The van der Waals surface area contributed by atoms with Gasteiger partial charge in [-0.1, -0.05) is 12.2 Å². The van der Waals surface area contributed by atoms with Crippen molar-refractivity contribution in [2.45, 2.75) is 19.3 Å². The highest BCUT2D eigenvalue weighted by atomic mass is 35.5. The fourth-order valence-electron chi connectivity index (χ4n) is 0.536. The molecule has 0 heterocycles. The predicted molar refractivity (Wildman–Crippen MR) is 44.4 cm³/mol. The molecule has 0 aliphatic carbocycles. The number of alkyl halides is 2. The highest BCUT2D eigenvalue weighted by Gasteiger charge is 1.90. The summed E-state index contributed by atoms with van der Waals surface area (Å²) in [6.07, 6.45) is 3.21. The van der Waals surface area contributed by atoms with E-state index < -0.39 is 0 Å². The Hall–Kier alpha value is 0.320. The molecule has 0 saturated heterocycles. The monoisotopic (exact) mass is 166 g/mol. The lowest BCUT2D eigenvalue weighted by atomic mass is 10.1. The van der Waals surface area contributed by atoms with Gasteiger partial charge in [-0.05, 0) is 19.3 Å². The Morgan fingerprint density at radius 2 is 1.89 bits per heavy atom. The van der Waals surface area contributed by atoms with E-state index in [0.29, 0.717) is 5.88 Å². The van der Waals surface area contributed by atoms with E-state index in [4.69, 9.17) is 23.2 Å². The van der Waals surface area contributed by atoms with Crippen molar-refractivity contribution in [3.8, 4) is 0 Å². The van der Waals surface area contributed by atoms with Crippen molar-refractivity contribution in [1.29, 1.82) is 0 Å². The van der Waals surface area contributed by atoms with E-state index in [1.54, 1.807) is 0 Å². The van der Waals surface area contributed by atoms with E-state index in [2.05, 4.69) is 6.58 Å². The number of allylic oxidation sites excluding steroid dienone is 1. The van der Waals surface area contributed by atoms with Crippen molar-refractivity contribution in [3.05, 3.63) is 12.2 Å². The zero-order chi connectivity index (χ0) is 7.11. The van der Waals surface area contributed by atoms with E-state index in [-0.39, 0.29) is 0 Å². The van der Waals surface area contributed by atoms with E-state index in [1.807, 2.05) is 0 Å². The van der Waals surface area contributed by atoms with Crippen LogP contribution in [-0.2, 0) is 0 Å². The molecule has 54 valence electrons. The normalized spacial score (nSPS) is 9.56. The minimum atomic E-state index is 0.586. The molecule has 0 N–H and O–H groups in total. The Bertz CT molecular complexity index is 79.0. The largest absolute Gasteiger partial charge is 0.127 e. The summed E-state index contributed by atoms with van der Waals surface area (Å²) >= 11 is 11.0. The van der Waals surface area contributed by atoms with Gasteiger partial charge in [0.2, 0.25) is 0 Å². The Kier molecular flexibility index (Phi) is 6.67. The molecule has 0 saturated carbocycles. The van der Waals surface area contributed by atoms with Crippen molar-refractivity contribution in [1.82, 2.24) is 0 Å². The van der Waals surface area contributed by atoms with E-state index in [9.17, 15) is 0 Å². The van der Waals surface area contributed by atoms with Crippen LogP contribution >= 0.6 is 23.2 Å². The van der Waals surface area contributed by atoms with Crippen LogP contribution in [0.25, 0.3) is 0 Å². The second-order valence-corrected chi connectivity index (χ2v) is 2.67. The molecule has 0 aromatic rings. The lowest BCUT2D eigenvalue weighted by molar-refractivity contribution is 0.795. The van der Waals surface area contributed by atoms with Crippen molar-refractivity contribution >= 4 is 23.2 Å². The maximum atomic E-state index is 5.50. The van der Waals surface area contributed by atoms with Gasteiger partial charge in [0.15, 0.2) is 0 Å². The van der Waals surface area contributed by atoms with Crippen LogP contribution in [0.3, 0.4) is 0 Å². The first kappa shape index (κ1) is 9.32. The third-order valence-electron chi connectivity index (χ3n) is 1.10. The summed E-state index contributed by atoms with van der Waals surface area (Å²) in [6, 6.07) is 0. The Balaban J connectivity index is 2.97. The molecular formula is C7H12Cl2. The zero-order valence-electron chi connectivity index (χ0n) is 5.50. The average Bonchev–Trinajstić information content (AvgIpc) is 1.89. The molecule has 0 unspecified atom stereocenters. The molecule has 0 aromatic heterocycles. The molecule has 0 aliphatic heterocycles. The molecule has 0 spiro atoms. The molecule has 0 nitrogen and oxygen atoms in total. The summed E-state index contributed by atoms with van der Waals surface area (Å²) in [5.41, 5.74) is 1.11. The van der Waals surface area contributed by atoms with Crippen LogP contribution in [-0.4, -0.2) is 11.8 Å². The summed E-state index contributed by atoms with van der Waals surface area (Å²) in [5, 5.41) is 0. The number of rotatable bonds is 5. The van der Waals surface area contributed by atoms with Crippen LogP contribution in [0.2, 0.25) is 0 Å². The van der Waals surface area contributed by atoms with E-state index in [0.717, 1.165) is 30.7 Å². The number of hydrogen-bond donors (Lipinski definition) is 0. The van der Waals surface area contributed by atoms with Crippen LogP contribution in [0.4, 0.5) is 0 Å². The lowest BCUT2D eigenvalue weighted by Gasteiger charge is -1.97. The number of halogens is 2. The van der Waals surface area contributed by atoms with Gasteiger partial charge in [0.05, 0.1) is 0 Å². The van der Waals surface area contributed by atoms with Crippen molar-refractivity contribution in [2.75, 3.05) is 11.8 Å². The topological polar surface area (TPSA) is 0 Å². The summed E-state index contributed by atoms with van der Waals surface area (Å²) in [5.74, 6) is 1.33. The molecule has 0 amide bonds. The summed E-state index contributed by atoms with van der Waals surface area (Å²) in [4.78, 5) is 0. The standard InChI is InChI=1S/C7H12Cl2/c1-7(6-9)4-2-3-5-8/h1-6H2. The minimum Gasteiger partial charge on any atom is -0.127 e. The van der Waals surface area contributed by atoms with Gasteiger partial charge in [-0.2, -0.15) is 0 Å². The van der Waals surface area contributed by atoms with Gasteiger partial charge in [0.1, 0.15) is 0 Å². The van der Waals surface area contributed by atoms with Crippen LogP contribution in [0.15, 0.2) is 12.2 Å². The van der Waals surface area contributed by atoms with Gasteiger partial charge in [-0.25, -0.2) is 0 Å². The highest BCUT2D eigenvalue weighted by molar-refractivity contribution is 6.19. The summed E-state index contributed by atoms with van der Waals surface area (Å²) in [7, 11) is 0. The zero-order valence-corrected chi connectivity index (χ0v) is 7.01. The molecule has 0 atom stereocenters. The SMILES string of the molecule is C=C(CCl)CCCCCl. The van der Waals surface area contributed by atoms with Gasteiger partial charge in [0, 0.05) is 11.8 Å². The number of hydrogen-bond acceptors (Lipinski definition) is 0. The predicted octanol–water partition coefficient (Wildman–Crippen LogP) is 3.19. The van der Waals surface area contributed by atoms with Gasteiger partial charge in [-0.3, -0.25) is 0 Å². The van der Waals surface area contributed by atoms with Crippen molar-refractivity contribution in [3.63, 3.8) is 0 Å². The first-order chi connectivity index (χ1) is 4.31. The van der Waals surface area contributed by atoms with Crippen LogP contribution < -0.4 is 0 Å². The summed E-state index contributed by atoms with van der Waals surface area (Å²) in [6.45, 7) is 3.77. The van der Waals surface area contributed by atoms with Crippen molar-refractivity contribution < 1.29 is 0 Å². The molecule has 0 aromatic carbocycles. The molecular weight excluding hydrogens is 155 g/mol. The average molecular weight is 167 g/mol. The maximum Gasteiger partial charge on any atom is 0.0430 e. The third-order valence-corrected chi connectivity index (χ3v) is 1.75. The summed E-state index contributed by atoms with van der Waals surface area (Å²) < 4.78 is 0. The fraction of sp³-hybridized carbons (Fsp3) is 0.714. The molecule has 2 heteroatoms. The van der Waals surface area contributed by atoms with Gasteiger partial charge >= 0.3 is 0 Å². The number of unbranched alkanes of at least 4 members (excludes halogenated alkanes) is 1. The second kappa shape index (κ2) is 6.44. The molecule has 9 heavy (non-hydrogen) atoms. The third kappa shape index (κ3) is 6.20. The molecule has 0 fully saturated rings. The van der Waals surface area contributed by atoms with Crippen LogP contribution in [0.1, 0.15) is 19.3 Å². The van der Waals surface area contributed by atoms with E-state index >= 15 is 0 Å². The first-order valence-electron chi connectivity index (χ1n) is 3.10. The minimum absolute atomic E-state index is 0.586. The second-order valence-electron chi connectivity index (χ2n) is 2.03. The quantitative estimate of drug-likeness (QED) is 0.335. The molecule has 0 rings (SSSR count). The van der Waals surface area contributed by atoms with Crippen LogP contribution in [0, 0.1) is 0 Å². The first-order valence-corrected chi connectivity index (χ1v) is 4.16. The maximum absolute atomic E-state index is 5.50. The Morgan fingerprint density at radius 3 is 2.33 bits per heavy atom. The van der Waals surface area contributed by atoms with Gasteiger partial charge in [0.25, 0.3) is 0 Å². The smallest absolute Gasteiger partial charge is 0.0430 e. The fourth-order valence-corrected chi connectivity index (χ4v) is 0.859. The van der Waals surface area contributed by atoms with Gasteiger partial charge < -0.3 is 0 Å². The van der Waals surface area contributed by atoms with Gasteiger partial charge in [-0.15, -0.1) is 23.2 Å². The lowest BCUT2D eigenvalue weighted by Crippen LogP contribution is -1.83. The Labute approximate surface area is 66.8 Å². The molecule has 0 bridgehead atoms. The molecule has 0 radical (unpaired) electrons. The van der Waals surface area contributed by atoms with E-state index in [1.165, 1.54) is 0 Å². The highest BCUT2D eigenvalue weighted by Crippen LogP contribution is 2.06.